The first-order chi connectivity index (χ1) is 13.0. The lowest BCUT2D eigenvalue weighted by atomic mass is 10.0. The highest BCUT2D eigenvalue weighted by Gasteiger charge is 2.18. The molecule has 27 heavy (non-hydrogen) atoms. The van der Waals surface area contributed by atoms with Crippen molar-refractivity contribution < 1.29 is 14.3 Å². The summed E-state index contributed by atoms with van der Waals surface area (Å²) in [6.45, 7) is 6.55. The molecule has 0 aliphatic rings. The van der Waals surface area contributed by atoms with Crippen LogP contribution in [0.25, 0.3) is 0 Å². The van der Waals surface area contributed by atoms with Crippen LogP contribution in [0.15, 0.2) is 42.5 Å². The van der Waals surface area contributed by atoms with E-state index in [9.17, 15) is 9.59 Å². The van der Waals surface area contributed by atoms with E-state index < -0.39 is 0 Å². The maximum absolute atomic E-state index is 12.3. The van der Waals surface area contributed by atoms with Crippen molar-refractivity contribution in [1.82, 2.24) is 5.32 Å². The van der Waals surface area contributed by atoms with Gasteiger partial charge in [0.2, 0.25) is 5.91 Å². The Kier molecular flexibility index (Phi) is 7.41. The molecule has 2 aromatic rings. The molecule has 0 saturated heterocycles. The van der Waals surface area contributed by atoms with Crippen LogP contribution in [0, 0.1) is 0 Å². The predicted molar refractivity (Wildman–Crippen MR) is 109 cm³/mol. The Morgan fingerprint density at radius 3 is 2.07 bits per heavy atom. The fraction of sp³-hybridized carbons (Fsp3) is 0.364. The molecule has 0 atom stereocenters. The molecule has 5 heteroatoms. The summed E-state index contributed by atoms with van der Waals surface area (Å²) in [4.78, 5) is 26.4. The molecule has 0 bridgehead atoms. The van der Waals surface area contributed by atoms with Crippen LogP contribution in [0.2, 0.25) is 0 Å². The van der Waals surface area contributed by atoms with Crippen molar-refractivity contribution in [3.05, 3.63) is 59.2 Å². The molecule has 5 nitrogen and oxygen atoms in total. The smallest absolute Gasteiger partial charge is 0.251 e. The van der Waals surface area contributed by atoms with E-state index in [2.05, 4.69) is 31.3 Å². The number of hydrogen-bond acceptors (Lipinski definition) is 3. The van der Waals surface area contributed by atoms with E-state index in [0.29, 0.717) is 24.4 Å². The number of methoxy groups -OCH3 is 1. The van der Waals surface area contributed by atoms with Gasteiger partial charge in [-0.3, -0.25) is 9.59 Å². The van der Waals surface area contributed by atoms with Crippen molar-refractivity contribution in [2.45, 2.75) is 33.6 Å². The van der Waals surface area contributed by atoms with Crippen LogP contribution in [0.5, 0.6) is 5.75 Å². The number of carbonyl (C=O) groups is 2. The summed E-state index contributed by atoms with van der Waals surface area (Å²) in [5.41, 5.74) is 3.83. The first-order valence-corrected chi connectivity index (χ1v) is 9.32. The molecule has 2 rings (SSSR count). The normalized spacial score (nSPS) is 10.4. The zero-order chi connectivity index (χ0) is 19.8. The fourth-order valence-corrected chi connectivity index (χ4v) is 3.11. The quantitative estimate of drug-likeness (QED) is 0.774. The van der Waals surface area contributed by atoms with Gasteiger partial charge in [0.05, 0.1) is 12.8 Å². The highest BCUT2D eigenvalue weighted by molar-refractivity contribution is 5.95. The molecule has 0 fully saturated rings. The first kappa shape index (κ1) is 20.5. The summed E-state index contributed by atoms with van der Waals surface area (Å²) in [7, 11) is 1.59. The number of carbonyl (C=O) groups excluding carboxylic acids is 2. The summed E-state index contributed by atoms with van der Waals surface area (Å²) in [5, 5.41) is 2.89. The Morgan fingerprint density at radius 2 is 1.59 bits per heavy atom. The van der Waals surface area contributed by atoms with Crippen molar-refractivity contribution in [1.29, 1.82) is 0 Å². The van der Waals surface area contributed by atoms with Crippen LogP contribution in [0.3, 0.4) is 0 Å². The Hall–Kier alpha value is -2.82. The minimum Gasteiger partial charge on any atom is -0.497 e. The van der Waals surface area contributed by atoms with Gasteiger partial charge in [-0.15, -0.1) is 0 Å². The van der Waals surface area contributed by atoms with Crippen molar-refractivity contribution in [2.24, 2.45) is 0 Å². The summed E-state index contributed by atoms with van der Waals surface area (Å²) < 4.78 is 5.10. The average molecular weight is 368 g/mol. The topological polar surface area (TPSA) is 58.6 Å². The van der Waals surface area contributed by atoms with Gasteiger partial charge in [-0.05, 0) is 48.2 Å². The van der Waals surface area contributed by atoms with Crippen LogP contribution >= 0.6 is 0 Å². The first-order valence-electron chi connectivity index (χ1n) is 9.32. The van der Waals surface area contributed by atoms with Crippen molar-refractivity contribution in [3.8, 4) is 5.75 Å². The molecular formula is C22H28N2O3. The number of nitrogens with one attached hydrogen (secondary N) is 1. The van der Waals surface area contributed by atoms with E-state index >= 15 is 0 Å². The fourth-order valence-electron chi connectivity index (χ4n) is 3.11. The Bertz CT molecular complexity index is 762. The van der Waals surface area contributed by atoms with Gasteiger partial charge in [-0.25, -0.2) is 0 Å². The van der Waals surface area contributed by atoms with Crippen LogP contribution in [-0.4, -0.2) is 32.0 Å². The van der Waals surface area contributed by atoms with E-state index in [-0.39, 0.29) is 11.8 Å². The molecule has 2 aromatic carbocycles. The number of amides is 2. The molecule has 144 valence electrons. The minimum absolute atomic E-state index is 0.0238. The largest absolute Gasteiger partial charge is 0.497 e. The molecule has 0 aliphatic heterocycles. The Morgan fingerprint density at radius 1 is 1.00 bits per heavy atom. The highest BCUT2D eigenvalue weighted by atomic mass is 16.5. The lowest BCUT2D eigenvalue weighted by Gasteiger charge is -2.26. The number of aryl methyl sites for hydroxylation is 2. The third kappa shape index (κ3) is 5.09. The standard InChI is InChI=1S/C22H28N2O3/c1-5-17-8-7-9-18(6-2)21(17)24(16(3)25)15-14-23-22(26)19-10-12-20(27-4)13-11-19/h7-13H,5-6,14-15H2,1-4H3,(H,23,26). The minimum atomic E-state index is -0.166. The van der Waals surface area contributed by atoms with Crippen molar-refractivity contribution in [2.75, 3.05) is 25.1 Å². The van der Waals surface area contributed by atoms with Gasteiger partial charge >= 0.3 is 0 Å². The lowest BCUT2D eigenvalue weighted by molar-refractivity contribution is -0.116. The predicted octanol–water partition coefficient (Wildman–Crippen LogP) is 3.60. The monoisotopic (exact) mass is 368 g/mol. The molecule has 0 radical (unpaired) electrons. The van der Waals surface area contributed by atoms with Crippen LogP contribution in [-0.2, 0) is 17.6 Å². The van der Waals surface area contributed by atoms with E-state index in [1.807, 2.05) is 6.07 Å². The SMILES string of the molecule is CCc1cccc(CC)c1N(CCNC(=O)c1ccc(OC)cc1)C(C)=O. The number of hydrogen-bond donors (Lipinski definition) is 1. The molecule has 0 unspecified atom stereocenters. The van der Waals surface area contributed by atoms with Crippen molar-refractivity contribution in [3.63, 3.8) is 0 Å². The van der Waals surface area contributed by atoms with E-state index in [4.69, 9.17) is 4.74 Å². The maximum atomic E-state index is 12.3. The van der Waals surface area contributed by atoms with Gasteiger partial charge in [0.15, 0.2) is 0 Å². The van der Waals surface area contributed by atoms with Gasteiger partial charge < -0.3 is 15.0 Å². The Balaban J connectivity index is 2.09. The number of para-hydroxylation sites is 1. The zero-order valence-corrected chi connectivity index (χ0v) is 16.5. The van der Waals surface area contributed by atoms with Crippen LogP contribution < -0.4 is 15.0 Å². The molecule has 0 aliphatic carbocycles. The lowest BCUT2D eigenvalue weighted by Crippen LogP contribution is -2.38. The number of ether oxygens (including phenoxy) is 1. The molecule has 2 amide bonds. The van der Waals surface area contributed by atoms with Gasteiger partial charge in [-0.1, -0.05) is 32.0 Å². The second-order valence-electron chi connectivity index (χ2n) is 6.29. The number of anilines is 1. The Labute approximate surface area is 161 Å². The summed E-state index contributed by atoms with van der Waals surface area (Å²) >= 11 is 0. The highest BCUT2D eigenvalue weighted by Crippen LogP contribution is 2.27. The molecule has 0 aromatic heterocycles. The number of rotatable bonds is 8. The van der Waals surface area contributed by atoms with Gasteiger partial charge in [0, 0.05) is 25.6 Å². The number of nitrogens with zero attached hydrogens (tertiary/aromatic N) is 1. The summed E-state index contributed by atoms with van der Waals surface area (Å²) in [5.74, 6) is 0.516. The molecule has 0 spiro atoms. The molecule has 0 heterocycles. The summed E-state index contributed by atoms with van der Waals surface area (Å²) in [6.07, 6.45) is 1.70. The third-order valence-electron chi connectivity index (χ3n) is 4.59. The van der Waals surface area contributed by atoms with Gasteiger partial charge in [0.25, 0.3) is 5.91 Å². The van der Waals surface area contributed by atoms with Crippen LogP contribution in [0.1, 0.15) is 42.3 Å². The molecular weight excluding hydrogens is 340 g/mol. The van der Waals surface area contributed by atoms with E-state index in [1.54, 1.807) is 43.2 Å². The van der Waals surface area contributed by atoms with E-state index in [1.165, 1.54) is 0 Å². The second kappa shape index (κ2) is 9.76. The van der Waals surface area contributed by atoms with Crippen LogP contribution in [0.4, 0.5) is 5.69 Å². The van der Waals surface area contributed by atoms with Gasteiger partial charge in [-0.2, -0.15) is 0 Å². The van der Waals surface area contributed by atoms with Gasteiger partial charge in [0.1, 0.15) is 5.75 Å². The second-order valence-corrected chi connectivity index (χ2v) is 6.29. The average Bonchev–Trinajstić information content (AvgIpc) is 2.70. The van der Waals surface area contributed by atoms with E-state index in [0.717, 1.165) is 29.7 Å². The zero-order valence-electron chi connectivity index (χ0n) is 16.5. The third-order valence-corrected chi connectivity index (χ3v) is 4.59. The van der Waals surface area contributed by atoms with Crippen molar-refractivity contribution >= 4 is 17.5 Å². The maximum Gasteiger partial charge on any atom is 0.251 e. The summed E-state index contributed by atoms with van der Waals surface area (Å²) in [6, 6.07) is 13.1. The molecule has 1 N–H and O–H groups in total. The number of benzene rings is 2. The molecule has 0 saturated carbocycles.